The number of morpholine rings is 1. The summed E-state index contributed by atoms with van der Waals surface area (Å²) in [7, 11) is 0. The molecular weight excluding hydrogens is 412 g/mol. The molecule has 1 N–H and O–H groups in total. The van der Waals surface area contributed by atoms with Crippen LogP contribution in [0.2, 0.25) is 0 Å². The normalized spacial score (nSPS) is 20.3. The number of nitrogens with zero attached hydrogens (tertiary/aromatic N) is 3. The van der Waals surface area contributed by atoms with Crippen LogP contribution in [0.15, 0.2) is 28.7 Å². The van der Waals surface area contributed by atoms with E-state index in [1.807, 2.05) is 36.1 Å². The number of benzene rings is 1. The number of amides is 2. The Labute approximate surface area is 168 Å². The summed E-state index contributed by atoms with van der Waals surface area (Å²) >= 11 is 3.39. The number of nitrogens with one attached hydrogen (secondary N) is 1. The van der Waals surface area contributed by atoms with Crippen LogP contribution in [0, 0.1) is 0 Å². The standard InChI is InChI=1S/C19H27BrN4O3/c1-15(19(26)21-17-4-2-16(20)3-5-17)23-6-8-24(9-7-23)18(25)14-22-10-12-27-13-11-22/h2-5,15H,6-14H2,1H3,(H,21,26). The zero-order valence-electron chi connectivity index (χ0n) is 15.7. The molecule has 148 valence electrons. The van der Waals surface area contributed by atoms with Gasteiger partial charge >= 0.3 is 0 Å². The molecule has 0 spiro atoms. The predicted molar refractivity (Wildman–Crippen MR) is 108 cm³/mol. The van der Waals surface area contributed by atoms with Crippen LogP contribution < -0.4 is 5.32 Å². The second-order valence-electron chi connectivity index (χ2n) is 6.98. The summed E-state index contributed by atoms with van der Waals surface area (Å²) in [5, 5.41) is 2.95. The van der Waals surface area contributed by atoms with Gasteiger partial charge in [0.1, 0.15) is 0 Å². The maximum Gasteiger partial charge on any atom is 0.241 e. The van der Waals surface area contributed by atoms with Crippen molar-refractivity contribution in [3.63, 3.8) is 0 Å². The topological polar surface area (TPSA) is 65.1 Å². The smallest absolute Gasteiger partial charge is 0.241 e. The first-order valence-electron chi connectivity index (χ1n) is 9.41. The average Bonchev–Trinajstić information content (AvgIpc) is 2.70. The first kappa shape index (κ1) is 20.3. The van der Waals surface area contributed by atoms with Gasteiger partial charge in [0.2, 0.25) is 11.8 Å². The van der Waals surface area contributed by atoms with Crippen molar-refractivity contribution in [2.24, 2.45) is 0 Å². The number of hydrogen-bond donors (Lipinski definition) is 1. The van der Waals surface area contributed by atoms with Crippen molar-refractivity contribution in [2.75, 3.05) is 64.3 Å². The van der Waals surface area contributed by atoms with Gasteiger partial charge in [-0.25, -0.2) is 0 Å². The van der Waals surface area contributed by atoms with E-state index in [4.69, 9.17) is 4.74 Å². The lowest BCUT2D eigenvalue weighted by Gasteiger charge is -2.38. The van der Waals surface area contributed by atoms with Crippen LogP contribution in [0.1, 0.15) is 6.92 Å². The number of piperazine rings is 1. The number of rotatable bonds is 5. The second-order valence-corrected chi connectivity index (χ2v) is 7.89. The van der Waals surface area contributed by atoms with Gasteiger partial charge in [0.05, 0.1) is 25.8 Å². The predicted octanol–water partition coefficient (Wildman–Crippen LogP) is 1.25. The summed E-state index contributed by atoms with van der Waals surface area (Å²) in [6, 6.07) is 7.32. The molecule has 0 radical (unpaired) electrons. The Balaban J connectivity index is 1.44. The van der Waals surface area contributed by atoms with Crippen molar-refractivity contribution in [3.05, 3.63) is 28.7 Å². The Hall–Kier alpha value is -1.48. The van der Waals surface area contributed by atoms with Crippen molar-refractivity contribution in [1.82, 2.24) is 14.7 Å². The van der Waals surface area contributed by atoms with Crippen molar-refractivity contribution >= 4 is 33.4 Å². The molecule has 0 aliphatic carbocycles. The van der Waals surface area contributed by atoms with Crippen LogP contribution in [-0.2, 0) is 14.3 Å². The van der Waals surface area contributed by atoms with Crippen LogP contribution in [-0.4, -0.2) is 91.6 Å². The van der Waals surface area contributed by atoms with Gasteiger partial charge in [0.15, 0.2) is 0 Å². The van der Waals surface area contributed by atoms with Gasteiger partial charge in [-0.15, -0.1) is 0 Å². The Kier molecular flexibility index (Phi) is 7.23. The fraction of sp³-hybridized carbons (Fsp3) is 0.579. The largest absolute Gasteiger partial charge is 0.379 e. The van der Waals surface area contributed by atoms with Crippen LogP contribution in [0.5, 0.6) is 0 Å². The third-order valence-corrected chi connectivity index (χ3v) is 5.70. The lowest BCUT2D eigenvalue weighted by molar-refractivity contribution is -0.135. The van der Waals surface area contributed by atoms with Crippen LogP contribution >= 0.6 is 15.9 Å². The summed E-state index contributed by atoms with van der Waals surface area (Å²) in [6.07, 6.45) is 0. The fourth-order valence-electron chi connectivity index (χ4n) is 3.35. The highest BCUT2D eigenvalue weighted by atomic mass is 79.9. The molecule has 1 aromatic carbocycles. The SMILES string of the molecule is CC(C(=O)Nc1ccc(Br)cc1)N1CCN(C(=O)CN2CCOCC2)CC1. The van der Waals surface area contributed by atoms with Gasteiger partial charge in [0.25, 0.3) is 0 Å². The molecule has 7 nitrogen and oxygen atoms in total. The second kappa shape index (κ2) is 9.64. The lowest BCUT2D eigenvalue weighted by atomic mass is 10.2. The van der Waals surface area contributed by atoms with E-state index in [9.17, 15) is 9.59 Å². The zero-order chi connectivity index (χ0) is 19.2. The maximum absolute atomic E-state index is 12.5. The van der Waals surface area contributed by atoms with Crippen LogP contribution in [0.4, 0.5) is 5.69 Å². The van der Waals surface area contributed by atoms with Crippen LogP contribution in [0.3, 0.4) is 0 Å². The van der Waals surface area contributed by atoms with Gasteiger partial charge < -0.3 is 15.0 Å². The molecular formula is C19H27BrN4O3. The van der Waals surface area contributed by atoms with Gasteiger partial charge in [-0.1, -0.05) is 15.9 Å². The van der Waals surface area contributed by atoms with E-state index >= 15 is 0 Å². The molecule has 2 amide bonds. The molecule has 0 aromatic heterocycles. The molecule has 8 heteroatoms. The quantitative estimate of drug-likeness (QED) is 0.749. The van der Waals surface area contributed by atoms with E-state index in [1.54, 1.807) is 0 Å². The van der Waals surface area contributed by atoms with E-state index < -0.39 is 0 Å². The van der Waals surface area contributed by atoms with E-state index in [0.717, 1.165) is 23.2 Å². The number of anilines is 1. The van der Waals surface area contributed by atoms with Gasteiger partial charge in [-0.05, 0) is 31.2 Å². The molecule has 27 heavy (non-hydrogen) atoms. The molecule has 3 rings (SSSR count). The summed E-state index contributed by atoms with van der Waals surface area (Å²) in [6.45, 7) is 8.17. The Morgan fingerprint density at radius 2 is 1.70 bits per heavy atom. The van der Waals surface area contributed by atoms with Gasteiger partial charge in [-0.2, -0.15) is 0 Å². The zero-order valence-corrected chi connectivity index (χ0v) is 17.3. The highest BCUT2D eigenvalue weighted by Gasteiger charge is 2.28. The molecule has 0 bridgehead atoms. The average molecular weight is 439 g/mol. The molecule has 2 heterocycles. The van der Waals surface area contributed by atoms with Crippen molar-refractivity contribution in [3.8, 4) is 0 Å². The van der Waals surface area contributed by atoms with Crippen molar-refractivity contribution < 1.29 is 14.3 Å². The van der Waals surface area contributed by atoms with E-state index in [1.165, 1.54) is 0 Å². The first-order chi connectivity index (χ1) is 13.0. The van der Waals surface area contributed by atoms with E-state index in [-0.39, 0.29) is 17.9 Å². The minimum absolute atomic E-state index is 0.0228. The summed E-state index contributed by atoms with van der Waals surface area (Å²) < 4.78 is 6.30. The summed E-state index contributed by atoms with van der Waals surface area (Å²) in [5.41, 5.74) is 0.786. The minimum Gasteiger partial charge on any atom is -0.379 e. The third kappa shape index (κ3) is 5.75. The van der Waals surface area contributed by atoms with Crippen molar-refractivity contribution in [1.29, 1.82) is 0 Å². The fourth-order valence-corrected chi connectivity index (χ4v) is 3.62. The summed E-state index contributed by atoms with van der Waals surface area (Å²) in [5.74, 6) is 0.147. The molecule has 2 saturated heterocycles. The highest BCUT2D eigenvalue weighted by Crippen LogP contribution is 2.15. The molecule has 1 aromatic rings. The first-order valence-corrected chi connectivity index (χ1v) is 10.2. The molecule has 2 aliphatic rings. The number of carbonyl (C=O) groups excluding carboxylic acids is 2. The summed E-state index contributed by atoms with van der Waals surface area (Å²) in [4.78, 5) is 31.2. The molecule has 0 saturated carbocycles. The van der Waals surface area contributed by atoms with E-state index in [0.29, 0.717) is 45.9 Å². The number of hydrogen-bond acceptors (Lipinski definition) is 5. The number of carbonyl (C=O) groups is 2. The maximum atomic E-state index is 12.5. The highest BCUT2D eigenvalue weighted by molar-refractivity contribution is 9.10. The lowest BCUT2D eigenvalue weighted by Crippen LogP contribution is -2.55. The Morgan fingerprint density at radius 3 is 2.33 bits per heavy atom. The van der Waals surface area contributed by atoms with Crippen LogP contribution in [0.25, 0.3) is 0 Å². The molecule has 2 aliphatic heterocycles. The van der Waals surface area contributed by atoms with Crippen molar-refractivity contribution in [2.45, 2.75) is 13.0 Å². The number of halogens is 1. The monoisotopic (exact) mass is 438 g/mol. The van der Waals surface area contributed by atoms with Gasteiger partial charge in [-0.3, -0.25) is 19.4 Å². The van der Waals surface area contributed by atoms with E-state index in [2.05, 4.69) is 31.0 Å². The number of ether oxygens (including phenoxy) is 1. The molecule has 2 fully saturated rings. The minimum atomic E-state index is -0.231. The third-order valence-electron chi connectivity index (χ3n) is 5.17. The molecule has 1 unspecified atom stereocenters. The Bertz CT molecular complexity index is 641. The Morgan fingerprint density at radius 1 is 1.07 bits per heavy atom. The van der Waals surface area contributed by atoms with Gasteiger partial charge in [0, 0.05) is 49.4 Å². The molecule has 1 atom stereocenters.